The Labute approximate surface area is 183 Å². The van der Waals surface area contributed by atoms with Gasteiger partial charge in [-0.05, 0) is 61.5 Å². The molecule has 1 unspecified atom stereocenters. The Balaban J connectivity index is 1.43. The Kier molecular flexibility index (Phi) is 6.32. The van der Waals surface area contributed by atoms with Gasteiger partial charge in [-0.3, -0.25) is 14.0 Å². The van der Waals surface area contributed by atoms with Gasteiger partial charge in [-0.25, -0.2) is 0 Å². The second-order valence-corrected chi connectivity index (χ2v) is 8.51. The summed E-state index contributed by atoms with van der Waals surface area (Å²) in [5.74, 6) is 1.51. The molecule has 1 saturated heterocycles. The molecule has 5 nitrogen and oxygen atoms in total. The van der Waals surface area contributed by atoms with Crippen LogP contribution in [0.25, 0.3) is 0 Å². The van der Waals surface area contributed by atoms with Crippen molar-refractivity contribution < 1.29 is 18.6 Å². The molecular weight excluding hydrogens is 402 g/mol. The number of hydrogen-bond donors (Lipinski definition) is 0. The third-order valence-electron chi connectivity index (χ3n) is 6.47. The quantitative estimate of drug-likeness (QED) is 0.641. The SMILES string of the molecule is COc1cc2c(cc1OC)C(=O)C(CC1CCN(Cc3ccccc3)CC1)(OCl)C2. The number of carbonyl (C=O) groups excluding carboxylic acids is 1. The van der Waals surface area contributed by atoms with Crippen LogP contribution in [0.15, 0.2) is 42.5 Å². The van der Waals surface area contributed by atoms with Crippen LogP contribution in [0.4, 0.5) is 0 Å². The fourth-order valence-electron chi connectivity index (χ4n) is 4.83. The summed E-state index contributed by atoms with van der Waals surface area (Å²) in [4.78, 5) is 15.8. The molecule has 1 heterocycles. The van der Waals surface area contributed by atoms with Gasteiger partial charge >= 0.3 is 0 Å². The van der Waals surface area contributed by atoms with E-state index in [4.69, 9.17) is 25.6 Å². The normalized spacial score (nSPS) is 22.2. The van der Waals surface area contributed by atoms with E-state index in [1.165, 1.54) is 5.56 Å². The molecule has 2 aromatic rings. The first kappa shape index (κ1) is 21.2. The maximum atomic E-state index is 13.3. The maximum Gasteiger partial charge on any atom is 0.197 e. The second kappa shape index (κ2) is 8.96. The molecule has 0 saturated carbocycles. The standard InChI is InChI=1S/C24H28ClNO4/c1-28-21-12-19-15-24(30-25,23(27)20(19)13-22(21)29-2)14-17-8-10-26(11-9-17)16-18-6-4-3-5-7-18/h3-7,12-13,17H,8-11,14-16H2,1-2H3. The van der Waals surface area contributed by atoms with Gasteiger partial charge in [0, 0.05) is 18.5 Å². The van der Waals surface area contributed by atoms with Crippen molar-refractivity contribution in [3.05, 3.63) is 59.2 Å². The summed E-state index contributed by atoms with van der Waals surface area (Å²) in [5, 5.41) is 0. The molecule has 6 heteroatoms. The molecule has 0 radical (unpaired) electrons. The predicted octanol–water partition coefficient (Wildman–Crippen LogP) is 4.65. The van der Waals surface area contributed by atoms with Crippen LogP contribution in [0.5, 0.6) is 11.5 Å². The smallest absolute Gasteiger partial charge is 0.197 e. The van der Waals surface area contributed by atoms with Gasteiger partial charge in [-0.1, -0.05) is 30.3 Å². The van der Waals surface area contributed by atoms with Gasteiger partial charge in [0.15, 0.2) is 22.9 Å². The molecule has 160 valence electrons. The molecule has 0 N–H and O–H groups in total. The Morgan fingerprint density at radius 3 is 2.37 bits per heavy atom. The number of ketones is 1. The molecule has 1 fully saturated rings. The molecule has 0 amide bonds. The Hall–Kier alpha value is -2.08. The summed E-state index contributed by atoms with van der Waals surface area (Å²) in [7, 11) is 3.16. The summed E-state index contributed by atoms with van der Waals surface area (Å²) >= 11 is 5.96. The molecule has 0 aromatic heterocycles. The first-order valence-electron chi connectivity index (χ1n) is 10.4. The Bertz CT molecular complexity index is 896. The van der Waals surface area contributed by atoms with Crippen LogP contribution in [-0.2, 0) is 17.3 Å². The first-order valence-corrected chi connectivity index (χ1v) is 10.7. The number of piperidine rings is 1. The van der Waals surface area contributed by atoms with E-state index in [0.717, 1.165) is 38.0 Å². The van der Waals surface area contributed by atoms with E-state index in [0.29, 0.717) is 35.8 Å². The maximum absolute atomic E-state index is 13.3. The van der Waals surface area contributed by atoms with E-state index in [9.17, 15) is 4.79 Å². The highest BCUT2D eigenvalue weighted by atomic mass is 35.5. The molecule has 1 atom stereocenters. The number of Topliss-reactive ketones (excluding diaryl/α,β-unsaturated/α-hetero) is 1. The van der Waals surface area contributed by atoms with Crippen LogP contribution >= 0.6 is 11.9 Å². The molecule has 0 spiro atoms. The van der Waals surface area contributed by atoms with E-state index in [1.54, 1.807) is 20.3 Å². The fourth-order valence-corrected chi connectivity index (χ4v) is 5.01. The number of likely N-dealkylation sites (tertiary alicyclic amines) is 1. The topological polar surface area (TPSA) is 48.0 Å². The van der Waals surface area contributed by atoms with Crippen LogP contribution in [-0.4, -0.2) is 43.6 Å². The summed E-state index contributed by atoms with van der Waals surface area (Å²) in [6.45, 7) is 3.00. The Morgan fingerprint density at radius 2 is 1.73 bits per heavy atom. The van der Waals surface area contributed by atoms with Crippen LogP contribution in [0.3, 0.4) is 0 Å². The largest absolute Gasteiger partial charge is 0.493 e. The lowest BCUT2D eigenvalue weighted by Crippen LogP contribution is -2.42. The van der Waals surface area contributed by atoms with Crippen LogP contribution < -0.4 is 9.47 Å². The lowest BCUT2D eigenvalue weighted by Gasteiger charge is -2.35. The minimum atomic E-state index is -1.01. The lowest BCUT2D eigenvalue weighted by molar-refractivity contribution is 0.0353. The van der Waals surface area contributed by atoms with Crippen molar-refractivity contribution in [2.24, 2.45) is 5.92 Å². The van der Waals surface area contributed by atoms with Crippen LogP contribution in [0, 0.1) is 5.92 Å². The number of nitrogens with zero attached hydrogens (tertiary/aromatic N) is 1. The molecule has 30 heavy (non-hydrogen) atoms. The number of fused-ring (bicyclic) bond motifs is 1. The fraction of sp³-hybridized carbons (Fsp3) is 0.458. The van der Waals surface area contributed by atoms with E-state index in [-0.39, 0.29) is 5.78 Å². The van der Waals surface area contributed by atoms with Crippen molar-refractivity contribution in [3.8, 4) is 11.5 Å². The first-order chi connectivity index (χ1) is 14.6. The average molecular weight is 430 g/mol. The van der Waals surface area contributed by atoms with E-state index in [2.05, 4.69) is 29.2 Å². The molecule has 2 aliphatic rings. The van der Waals surface area contributed by atoms with Gasteiger partial charge in [0.1, 0.15) is 0 Å². The zero-order valence-corrected chi connectivity index (χ0v) is 18.3. The van der Waals surface area contributed by atoms with Gasteiger partial charge < -0.3 is 9.47 Å². The van der Waals surface area contributed by atoms with Crippen LogP contribution in [0.1, 0.15) is 40.7 Å². The number of ether oxygens (including phenoxy) is 2. The molecule has 1 aliphatic heterocycles. The van der Waals surface area contributed by atoms with Crippen molar-refractivity contribution >= 4 is 17.6 Å². The minimum Gasteiger partial charge on any atom is -0.493 e. The molecule has 1 aliphatic carbocycles. The highest BCUT2D eigenvalue weighted by Crippen LogP contribution is 2.44. The predicted molar refractivity (Wildman–Crippen MR) is 116 cm³/mol. The van der Waals surface area contributed by atoms with Crippen LogP contribution in [0.2, 0.25) is 0 Å². The number of benzene rings is 2. The third kappa shape index (κ3) is 4.07. The monoisotopic (exact) mass is 429 g/mol. The van der Waals surface area contributed by atoms with Gasteiger partial charge in [0.25, 0.3) is 0 Å². The molecular formula is C24H28ClNO4. The summed E-state index contributed by atoms with van der Waals surface area (Å²) in [6, 6.07) is 14.2. The van der Waals surface area contributed by atoms with E-state index < -0.39 is 5.60 Å². The molecule has 0 bridgehead atoms. The Morgan fingerprint density at radius 1 is 1.07 bits per heavy atom. The average Bonchev–Trinajstić information content (AvgIpc) is 3.06. The zero-order chi connectivity index (χ0) is 21.1. The highest BCUT2D eigenvalue weighted by Gasteiger charge is 2.49. The van der Waals surface area contributed by atoms with Crippen molar-refractivity contribution in [2.45, 2.75) is 37.8 Å². The summed E-state index contributed by atoms with van der Waals surface area (Å²) in [5.41, 5.74) is 1.85. The minimum absolute atomic E-state index is 0.0554. The van der Waals surface area contributed by atoms with Gasteiger partial charge in [0.2, 0.25) is 0 Å². The number of halogens is 1. The third-order valence-corrected chi connectivity index (χ3v) is 6.76. The zero-order valence-electron chi connectivity index (χ0n) is 17.5. The molecule has 2 aromatic carbocycles. The second-order valence-electron chi connectivity index (χ2n) is 8.35. The summed E-state index contributed by atoms with van der Waals surface area (Å²) in [6.07, 6.45) is 3.17. The van der Waals surface area contributed by atoms with Gasteiger partial charge in [-0.15, -0.1) is 0 Å². The van der Waals surface area contributed by atoms with E-state index >= 15 is 0 Å². The number of carbonyl (C=O) groups is 1. The molecule has 4 rings (SSSR count). The van der Waals surface area contributed by atoms with E-state index in [1.807, 2.05) is 12.1 Å². The number of hydrogen-bond acceptors (Lipinski definition) is 5. The van der Waals surface area contributed by atoms with Crippen molar-refractivity contribution in [3.63, 3.8) is 0 Å². The lowest BCUT2D eigenvalue weighted by atomic mass is 9.82. The van der Waals surface area contributed by atoms with Gasteiger partial charge in [-0.2, -0.15) is 0 Å². The van der Waals surface area contributed by atoms with Crippen molar-refractivity contribution in [1.29, 1.82) is 0 Å². The highest BCUT2D eigenvalue weighted by molar-refractivity contribution is 6.13. The van der Waals surface area contributed by atoms with Crippen molar-refractivity contribution in [2.75, 3.05) is 27.3 Å². The summed E-state index contributed by atoms with van der Waals surface area (Å²) < 4.78 is 16.2. The number of rotatable bonds is 7. The van der Waals surface area contributed by atoms with Crippen molar-refractivity contribution in [1.82, 2.24) is 4.90 Å². The van der Waals surface area contributed by atoms with Gasteiger partial charge in [0.05, 0.1) is 26.1 Å². The number of methoxy groups -OCH3 is 2.